The van der Waals surface area contributed by atoms with Gasteiger partial charge in [0.05, 0.1) is 10.7 Å². The molecule has 0 radical (unpaired) electrons. The van der Waals surface area contributed by atoms with Crippen molar-refractivity contribution in [1.82, 2.24) is 9.78 Å². The minimum atomic E-state index is -0.0993. The van der Waals surface area contributed by atoms with E-state index < -0.39 is 0 Å². The molecule has 1 aromatic carbocycles. The van der Waals surface area contributed by atoms with E-state index in [2.05, 4.69) is 10.4 Å². The first-order valence-electron chi connectivity index (χ1n) is 7.61. The average molecular weight is 336 g/mol. The van der Waals surface area contributed by atoms with E-state index in [0.717, 1.165) is 22.5 Å². The van der Waals surface area contributed by atoms with Crippen LogP contribution >= 0.6 is 11.6 Å². The summed E-state index contributed by atoms with van der Waals surface area (Å²) in [5.74, 6) is 0.343. The van der Waals surface area contributed by atoms with Crippen LogP contribution in [0.25, 0.3) is 0 Å². The number of hydrogen-bond acceptors (Lipinski definition) is 3. The predicted molar refractivity (Wildman–Crippen MR) is 92.2 cm³/mol. The Hall–Kier alpha value is -2.01. The zero-order valence-electron chi connectivity index (χ0n) is 13.9. The first-order valence-corrected chi connectivity index (χ1v) is 7.98. The van der Waals surface area contributed by atoms with E-state index in [1.54, 1.807) is 16.9 Å². The van der Waals surface area contributed by atoms with E-state index in [-0.39, 0.29) is 17.6 Å². The van der Waals surface area contributed by atoms with Crippen molar-refractivity contribution in [3.63, 3.8) is 0 Å². The zero-order valence-corrected chi connectivity index (χ0v) is 14.6. The topological polar surface area (TPSA) is 67.2 Å². The standard InChI is InChI=1S/C17H22ClN3O2/c1-10(2)13-8-15(11(3)7-16(13)22)19-17(23)5-6-21-9-14(18)12(4)20-21/h7-10,22H,5-6H2,1-4H3,(H,19,23). The third-order valence-corrected chi connectivity index (χ3v) is 4.10. The van der Waals surface area contributed by atoms with Crippen molar-refractivity contribution in [3.05, 3.63) is 40.2 Å². The minimum absolute atomic E-state index is 0.0993. The molecule has 0 unspecified atom stereocenters. The fraction of sp³-hybridized carbons (Fsp3) is 0.412. The Morgan fingerprint density at radius 2 is 2.09 bits per heavy atom. The summed E-state index contributed by atoms with van der Waals surface area (Å²) >= 11 is 5.95. The highest BCUT2D eigenvalue weighted by molar-refractivity contribution is 6.31. The molecule has 0 fully saturated rings. The Kier molecular flexibility index (Phi) is 5.31. The van der Waals surface area contributed by atoms with Crippen molar-refractivity contribution in [2.45, 2.75) is 46.6 Å². The van der Waals surface area contributed by atoms with Crippen molar-refractivity contribution >= 4 is 23.2 Å². The van der Waals surface area contributed by atoms with Crippen LogP contribution in [-0.2, 0) is 11.3 Å². The summed E-state index contributed by atoms with van der Waals surface area (Å²) in [5.41, 5.74) is 3.13. The fourth-order valence-corrected chi connectivity index (χ4v) is 2.49. The van der Waals surface area contributed by atoms with E-state index >= 15 is 0 Å². The second-order valence-corrected chi connectivity index (χ2v) is 6.41. The quantitative estimate of drug-likeness (QED) is 0.811. The van der Waals surface area contributed by atoms with E-state index in [1.165, 1.54) is 0 Å². The van der Waals surface area contributed by atoms with Gasteiger partial charge in [-0.1, -0.05) is 25.4 Å². The Bertz CT molecular complexity index is 703. The summed E-state index contributed by atoms with van der Waals surface area (Å²) in [6, 6.07) is 3.52. The first-order chi connectivity index (χ1) is 10.8. The SMILES string of the molecule is Cc1cc(O)c(C(C)C)cc1NC(=O)CCn1cc(Cl)c(C)n1. The highest BCUT2D eigenvalue weighted by atomic mass is 35.5. The lowest BCUT2D eigenvalue weighted by molar-refractivity contribution is -0.116. The predicted octanol–water partition coefficient (Wildman–Crippen LogP) is 4.01. The van der Waals surface area contributed by atoms with E-state index in [0.29, 0.717) is 18.0 Å². The second kappa shape index (κ2) is 7.04. The number of rotatable bonds is 5. The van der Waals surface area contributed by atoms with Crippen LogP contribution < -0.4 is 5.32 Å². The number of carbonyl (C=O) groups is 1. The monoisotopic (exact) mass is 335 g/mol. The van der Waals surface area contributed by atoms with Crippen LogP contribution in [0, 0.1) is 13.8 Å². The number of aromatic hydroxyl groups is 1. The molecule has 2 aromatic rings. The van der Waals surface area contributed by atoms with Crippen LogP contribution in [0.1, 0.15) is 43.0 Å². The number of carbonyl (C=O) groups excluding carboxylic acids is 1. The van der Waals surface area contributed by atoms with Gasteiger partial charge in [-0.2, -0.15) is 5.10 Å². The maximum absolute atomic E-state index is 12.1. The summed E-state index contributed by atoms with van der Waals surface area (Å²) in [5, 5.41) is 17.7. The normalized spacial score (nSPS) is 11.0. The second-order valence-electron chi connectivity index (χ2n) is 6.00. The van der Waals surface area contributed by atoms with Gasteiger partial charge in [-0.25, -0.2) is 0 Å². The Morgan fingerprint density at radius 1 is 1.39 bits per heavy atom. The molecule has 0 aliphatic rings. The molecule has 5 nitrogen and oxygen atoms in total. The van der Waals surface area contributed by atoms with Gasteiger partial charge in [0.15, 0.2) is 0 Å². The van der Waals surface area contributed by atoms with Crippen molar-refractivity contribution in [1.29, 1.82) is 0 Å². The number of anilines is 1. The van der Waals surface area contributed by atoms with Crippen LogP contribution in [0.3, 0.4) is 0 Å². The smallest absolute Gasteiger partial charge is 0.226 e. The number of aromatic nitrogens is 2. The molecule has 2 rings (SSSR count). The van der Waals surface area contributed by atoms with E-state index in [1.807, 2.05) is 33.8 Å². The molecular formula is C17H22ClN3O2. The third-order valence-electron chi connectivity index (χ3n) is 3.72. The van der Waals surface area contributed by atoms with Gasteiger partial charge < -0.3 is 10.4 Å². The molecule has 23 heavy (non-hydrogen) atoms. The summed E-state index contributed by atoms with van der Waals surface area (Å²) in [6.07, 6.45) is 2.02. The average Bonchev–Trinajstić information content (AvgIpc) is 2.78. The number of nitrogens with zero attached hydrogens (tertiary/aromatic N) is 2. The minimum Gasteiger partial charge on any atom is -0.508 e. The fourth-order valence-electron chi connectivity index (χ4n) is 2.34. The number of benzene rings is 1. The van der Waals surface area contributed by atoms with Crippen LogP contribution in [0.2, 0.25) is 5.02 Å². The van der Waals surface area contributed by atoms with Gasteiger partial charge in [-0.3, -0.25) is 9.48 Å². The number of phenols is 1. The number of phenolic OH excluding ortho intramolecular Hbond substituents is 1. The molecule has 2 N–H and O–H groups in total. The van der Waals surface area contributed by atoms with Crippen molar-refractivity contribution < 1.29 is 9.90 Å². The van der Waals surface area contributed by atoms with Crippen molar-refractivity contribution in [3.8, 4) is 5.75 Å². The Morgan fingerprint density at radius 3 is 2.65 bits per heavy atom. The van der Waals surface area contributed by atoms with Crippen LogP contribution in [-0.4, -0.2) is 20.8 Å². The molecule has 1 amide bonds. The van der Waals surface area contributed by atoms with Crippen molar-refractivity contribution in [2.24, 2.45) is 0 Å². The van der Waals surface area contributed by atoms with Gasteiger partial charge in [0.1, 0.15) is 5.75 Å². The Balaban J connectivity index is 2.03. The number of nitrogens with one attached hydrogen (secondary N) is 1. The molecule has 0 saturated heterocycles. The lowest BCUT2D eigenvalue weighted by Gasteiger charge is -2.14. The third kappa shape index (κ3) is 4.26. The lowest BCUT2D eigenvalue weighted by Crippen LogP contribution is -2.15. The summed E-state index contributed by atoms with van der Waals surface area (Å²) in [4.78, 5) is 12.1. The van der Waals surface area contributed by atoms with E-state index in [4.69, 9.17) is 11.6 Å². The largest absolute Gasteiger partial charge is 0.508 e. The summed E-state index contributed by atoms with van der Waals surface area (Å²) in [7, 11) is 0. The van der Waals surface area contributed by atoms with Gasteiger partial charge >= 0.3 is 0 Å². The molecule has 0 aliphatic carbocycles. The van der Waals surface area contributed by atoms with Gasteiger partial charge in [0.2, 0.25) is 5.91 Å². The molecule has 0 atom stereocenters. The molecule has 124 valence electrons. The first kappa shape index (κ1) is 17.3. The van der Waals surface area contributed by atoms with Crippen LogP contribution in [0.4, 0.5) is 5.69 Å². The van der Waals surface area contributed by atoms with Gasteiger partial charge in [0.25, 0.3) is 0 Å². The molecule has 0 bridgehead atoms. The van der Waals surface area contributed by atoms with Crippen LogP contribution in [0.5, 0.6) is 5.75 Å². The lowest BCUT2D eigenvalue weighted by atomic mass is 9.99. The highest BCUT2D eigenvalue weighted by Crippen LogP contribution is 2.31. The van der Waals surface area contributed by atoms with Gasteiger partial charge in [-0.15, -0.1) is 0 Å². The number of halogens is 1. The molecule has 0 spiro atoms. The summed E-state index contributed by atoms with van der Waals surface area (Å²) in [6.45, 7) is 8.15. The van der Waals surface area contributed by atoms with Gasteiger partial charge in [0, 0.05) is 24.8 Å². The molecule has 1 heterocycles. The molecular weight excluding hydrogens is 314 g/mol. The van der Waals surface area contributed by atoms with Crippen LogP contribution in [0.15, 0.2) is 18.3 Å². The maximum atomic E-state index is 12.1. The molecule has 0 aliphatic heterocycles. The Labute approximate surface area is 141 Å². The molecule has 1 aromatic heterocycles. The van der Waals surface area contributed by atoms with Gasteiger partial charge in [-0.05, 0) is 43.0 Å². The van der Waals surface area contributed by atoms with Crippen molar-refractivity contribution in [2.75, 3.05) is 5.32 Å². The molecule has 0 saturated carbocycles. The number of hydrogen-bond donors (Lipinski definition) is 2. The maximum Gasteiger partial charge on any atom is 0.226 e. The summed E-state index contributed by atoms with van der Waals surface area (Å²) < 4.78 is 1.67. The molecule has 6 heteroatoms. The highest BCUT2D eigenvalue weighted by Gasteiger charge is 2.12. The number of amides is 1. The zero-order chi connectivity index (χ0) is 17.1. The van der Waals surface area contributed by atoms with E-state index in [9.17, 15) is 9.90 Å². The number of aryl methyl sites for hydroxylation is 3.